The highest BCUT2D eigenvalue weighted by atomic mass is 31.2. The average Bonchev–Trinajstić information content (AvgIpc) is 0.961. The molecule has 0 aliphatic carbocycles. The van der Waals surface area contributed by atoms with Crippen LogP contribution in [0, 0.1) is 0 Å². The van der Waals surface area contributed by atoms with Gasteiger partial charge in [-0.15, -0.1) is 0 Å². The third-order valence-corrected chi connectivity index (χ3v) is 20.5. The predicted octanol–water partition coefficient (Wildman–Crippen LogP) is 23.8. The van der Waals surface area contributed by atoms with E-state index in [1.54, 1.807) is 0 Å². The first-order valence-corrected chi connectivity index (χ1v) is 44.3. The second-order valence-corrected chi connectivity index (χ2v) is 31.4. The van der Waals surface area contributed by atoms with E-state index in [1.807, 2.05) is 0 Å². The maximum absolute atomic E-state index is 13.1. The van der Waals surface area contributed by atoms with Crippen molar-refractivity contribution in [2.75, 3.05) is 39.6 Å². The number of hydrogen-bond acceptors (Lipinski definition) is 15. The van der Waals surface area contributed by atoms with Crippen molar-refractivity contribution in [1.82, 2.24) is 0 Å². The van der Waals surface area contributed by atoms with E-state index in [0.717, 1.165) is 89.9 Å². The molecular weight excluding hydrogens is 1280 g/mol. The Morgan fingerprint density at radius 1 is 0.245 bits per heavy atom. The van der Waals surface area contributed by atoms with Gasteiger partial charge in [0.15, 0.2) is 12.2 Å². The molecule has 0 aromatic heterocycles. The van der Waals surface area contributed by atoms with Gasteiger partial charge in [0.05, 0.1) is 26.4 Å². The molecule has 0 spiro atoms. The van der Waals surface area contributed by atoms with E-state index < -0.39 is 97.5 Å². The fourth-order valence-electron chi connectivity index (χ4n) is 12.3. The highest BCUT2D eigenvalue weighted by Gasteiger charge is 2.30. The van der Waals surface area contributed by atoms with Crippen LogP contribution >= 0.6 is 15.6 Å². The van der Waals surface area contributed by atoms with Crippen molar-refractivity contribution in [2.24, 2.45) is 0 Å². The molecule has 0 bridgehead atoms. The van der Waals surface area contributed by atoms with Gasteiger partial charge in [-0.1, -0.05) is 374 Å². The second-order valence-electron chi connectivity index (χ2n) is 28.5. The van der Waals surface area contributed by atoms with Gasteiger partial charge in [-0.25, -0.2) is 9.13 Å². The van der Waals surface area contributed by atoms with Crippen LogP contribution in [-0.2, 0) is 65.4 Å². The Balaban J connectivity index is 5.24. The first-order chi connectivity index (χ1) is 47.7. The molecule has 0 aromatic rings. The normalized spacial score (nSPS) is 13.8. The summed E-state index contributed by atoms with van der Waals surface area (Å²) in [5.74, 6) is -2.10. The first kappa shape index (κ1) is 96.1. The Morgan fingerprint density at radius 2 is 0.408 bits per heavy atom. The molecule has 0 saturated heterocycles. The fraction of sp³-hybridized carbons (Fsp3) is 0.949. The molecule has 5 atom stereocenters. The number of carbonyl (C=O) groups is 4. The molecule has 0 saturated carbocycles. The number of rotatable bonds is 80. The molecule has 0 radical (unpaired) electrons. The number of ether oxygens (including phenoxy) is 4. The monoisotopic (exact) mass is 1440 g/mol. The molecule has 582 valence electrons. The van der Waals surface area contributed by atoms with Crippen molar-refractivity contribution >= 4 is 39.5 Å². The zero-order valence-corrected chi connectivity index (χ0v) is 65.6. The number of carbonyl (C=O) groups excluding carboxylic acids is 4. The van der Waals surface area contributed by atoms with E-state index in [9.17, 15) is 43.2 Å². The van der Waals surface area contributed by atoms with Crippen LogP contribution in [0.3, 0.4) is 0 Å². The molecule has 0 heterocycles. The van der Waals surface area contributed by atoms with Gasteiger partial charge in [0.1, 0.15) is 19.3 Å². The third kappa shape index (κ3) is 72.4. The van der Waals surface area contributed by atoms with Crippen LogP contribution in [-0.4, -0.2) is 96.7 Å². The van der Waals surface area contributed by atoms with E-state index in [0.29, 0.717) is 25.7 Å². The number of phosphoric ester groups is 2. The number of aliphatic hydroxyl groups is 1. The first-order valence-electron chi connectivity index (χ1n) is 41.3. The van der Waals surface area contributed by atoms with E-state index >= 15 is 0 Å². The van der Waals surface area contributed by atoms with Gasteiger partial charge in [-0.2, -0.15) is 0 Å². The average molecular weight is 1440 g/mol. The van der Waals surface area contributed by atoms with E-state index in [1.165, 1.54) is 257 Å². The Labute approximate surface area is 600 Å². The molecule has 19 heteroatoms. The van der Waals surface area contributed by atoms with Crippen molar-refractivity contribution in [1.29, 1.82) is 0 Å². The lowest BCUT2D eigenvalue weighted by molar-refractivity contribution is -0.161. The standard InChI is InChI=1S/C79H154O17P2/c1-5-9-13-17-21-25-29-32-34-36-37-39-42-46-50-54-58-62-66-79(84)96-75(70-90-77(82)64-60-56-52-48-44-41-38-35-33-30-26-22-18-14-10-6-2)72-94-98(87,88)92-68-73(80)67-91-97(85,86)93-71-74(69-89-76(81)63-59-55-51-47-43-28-24-20-16-12-8-4)95-78(83)65-61-57-53-49-45-40-31-27-23-19-15-11-7-3/h73-75,80H,5-72H2,1-4H3,(H,85,86)(H,87,88)/t73-,74+,75+/m0/s1. The molecule has 0 fully saturated rings. The van der Waals surface area contributed by atoms with E-state index in [-0.39, 0.29) is 25.7 Å². The highest BCUT2D eigenvalue weighted by Crippen LogP contribution is 2.45. The van der Waals surface area contributed by atoms with Crippen LogP contribution in [0.2, 0.25) is 0 Å². The van der Waals surface area contributed by atoms with Crippen molar-refractivity contribution in [3.05, 3.63) is 0 Å². The highest BCUT2D eigenvalue weighted by molar-refractivity contribution is 7.47. The van der Waals surface area contributed by atoms with E-state index in [2.05, 4.69) is 27.7 Å². The number of phosphoric acid groups is 2. The maximum atomic E-state index is 13.1. The smallest absolute Gasteiger partial charge is 0.462 e. The van der Waals surface area contributed by atoms with Crippen molar-refractivity contribution in [3.63, 3.8) is 0 Å². The Bertz CT molecular complexity index is 1860. The summed E-state index contributed by atoms with van der Waals surface area (Å²) in [6, 6.07) is 0. The van der Waals surface area contributed by atoms with Gasteiger partial charge in [-0.05, 0) is 25.7 Å². The van der Waals surface area contributed by atoms with Crippen LogP contribution in [0.5, 0.6) is 0 Å². The summed E-state index contributed by atoms with van der Waals surface area (Å²) in [5.41, 5.74) is 0. The molecule has 3 N–H and O–H groups in total. The van der Waals surface area contributed by atoms with Gasteiger partial charge in [0, 0.05) is 25.7 Å². The minimum atomic E-state index is -4.96. The van der Waals surface area contributed by atoms with Gasteiger partial charge >= 0.3 is 39.5 Å². The molecule has 17 nitrogen and oxygen atoms in total. The summed E-state index contributed by atoms with van der Waals surface area (Å²) in [4.78, 5) is 73.0. The summed E-state index contributed by atoms with van der Waals surface area (Å²) in [6.45, 7) is 5.02. The Hall–Kier alpha value is -1.94. The summed E-state index contributed by atoms with van der Waals surface area (Å²) in [6.07, 6.45) is 65.0. The lowest BCUT2D eigenvalue weighted by Crippen LogP contribution is -2.30. The second kappa shape index (κ2) is 73.4. The number of unbranched alkanes of at least 4 members (excludes halogenated alkanes) is 54. The number of esters is 4. The zero-order chi connectivity index (χ0) is 71.8. The Morgan fingerprint density at radius 3 is 0.602 bits per heavy atom. The number of aliphatic hydroxyl groups excluding tert-OH is 1. The van der Waals surface area contributed by atoms with E-state index in [4.69, 9.17) is 37.0 Å². The summed E-state index contributed by atoms with van der Waals surface area (Å²) < 4.78 is 68.7. The van der Waals surface area contributed by atoms with Crippen LogP contribution in [0.15, 0.2) is 0 Å². The molecule has 0 aliphatic heterocycles. The quantitative estimate of drug-likeness (QED) is 0.0222. The molecule has 0 aliphatic rings. The molecule has 0 aromatic carbocycles. The lowest BCUT2D eigenvalue weighted by atomic mass is 10.0. The maximum Gasteiger partial charge on any atom is 0.472 e. The molecular formula is C79H154O17P2. The van der Waals surface area contributed by atoms with Gasteiger partial charge in [0.2, 0.25) is 0 Å². The summed E-state index contributed by atoms with van der Waals surface area (Å²) in [7, 11) is -9.91. The minimum absolute atomic E-state index is 0.109. The molecule has 2 unspecified atom stereocenters. The van der Waals surface area contributed by atoms with Crippen molar-refractivity contribution in [3.8, 4) is 0 Å². The van der Waals surface area contributed by atoms with Gasteiger partial charge in [0.25, 0.3) is 0 Å². The lowest BCUT2D eigenvalue weighted by Gasteiger charge is -2.21. The molecule has 0 rings (SSSR count). The largest absolute Gasteiger partial charge is 0.472 e. The van der Waals surface area contributed by atoms with Crippen LogP contribution in [0.25, 0.3) is 0 Å². The van der Waals surface area contributed by atoms with Gasteiger partial charge < -0.3 is 33.8 Å². The Kier molecular flexibility index (Phi) is 71.9. The van der Waals surface area contributed by atoms with Crippen LogP contribution in [0.4, 0.5) is 0 Å². The topological polar surface area (TPSA) is 237 Å². The predicted molar refractivity (Wildman–Crippen MR) is 400 cm³/mol. The minimum Gasteiger partial charge on any atom is -0.462 e. The zero-order valence-electron chi connectivity index (χ0n) is 63.8. The van der Waals surface area contributed by atoms with Crippen molar-refractivity contribution < 1.29 is 80.2 Å². The molecule has 98 heavy (non-hydrogen) atoms. The summed E-state index contributed by atoms with van der Waals surface area (Å²) >= 11 is 0. The third-order valence-electron chi connectivity index (χ3n) is 18.6. The van der Waals surface area contributed by atoms with Crippen LogP contribution in [0.1, 0.15) is 426 Å². The van der Waals surface area contributed by atoms with Crippen molar-refractivity contribution in [2.45, 2.75) is 444 Å². The SMILES string of the molecule is CCCCCCCCCCCCCCCCCCCCC(=O)O[C@H](COC(=O)CCCCCCCCCCCCCCCCCC)COP(=O)(O)OC[C@@H](O)COP(=O)(O)OC[C@@H](COC(=O)CCCCCCCCCCCCC)OC(=O)CCCCCCCCCCCCCCC. The summed E-state index contributed by atoms with van der Waals surface area (Å²) in [5, 5.41) is 10.6. The molecule has 0 amide bonds. The fourth-order valence-corrected chi connectivity index (χ4v) is 13.9. The van der Waals surface area contributed by atoms with Crippen LogP contribution < -0.4 is 0 Å². The van der Waals surface area contributed by atoms with Gasteiger partial charge in [-0.3, -0.25) is 37.3 Å². The number of hydrogen-bond donors (Lipinski definition) is 3.